The third-order valence-corrected chi connectivity index (χ3v) is 6.82. The number of anilines is 2. The molecule has 2 aromatic heterocycles. The van der Waals surface area contributed by atoms with E-state index in [0.29, 0.717) is 28.1 Å². The van der Waals surface area contributed by atoms with Gasteiger partial charge in [-0.15, -0.1) is 11.3 Å². The molecule has 1 saturated heterocycles. The molecular weight excluding hydrogens is 388 g/mol. The fourth-order valence-corrected chi connectivity index (χ4v) is 5.10. The largest absolute Gasteiger partial charge is 0.454 e. The van der Waals surface area contributed by atoms with Gasteiger partial charge in [0, 0.05) is 24.3 Å². The zero-order valence-corrected chi connectivity index (χ0v) is 17.2. The molecule has 7 nitrogen and oxygen atoms in total. The Hall–Kier alpha value is -2.87. The van der Waals surface area contributed by atoms with Crippen LogP contribution in [0, 0.1) is 6.92 Å². The summed E-state index contributed by atoms with van der Waals surface area (Å²) in [5.41, 5.74) is 1.60. The topological polar surface area (TPSA) is 76.6 Å². The number of nitrogens with zero attached hydrogens (tertiary/aromatic N) is 3. The quantitative estimate of drug-likeness (QED) is 0.691. The van der Waals surface area contributed by atoms with Crippen LogP contribution in [0.4, 0.5) is 11.5 Å². The number of aromatic nitrogens is 2. The van der Waals surface area contributed by atoms with Gasteiger partial charge in [0.15, 0.2) is 11.5 Å². The number of piperidine rings is 1. The highest BCUT2D eigenvalue weighted by molar-refractivity contribution is 7.20. The number of thiophene rings is 1. The average molecular weight is 410 g/mol. The zero-order chi connectivity index (χ0) is 20.0. The summed E-state index contributed by atoms with van der Waals surface area (Å²) in [7, 11) is 0. The summed E-state index contributed by atoms with van der Waals surface area (Å²) < 4.78 is 10.7. The molecule has 2 aliphatic heterocycles. The highest BCUT2D eigenvalue weighted by Gasteiger charge is 2.26. The van der Waals surface area contributed by atoms with Crippen molar-refractivity contribution in [2.75, 3.05) is 23.6 Å². The van der Waals surface area contributed by atoms with Crippen molar-refractivity contribution in [1.82, 2.24) is 9.97 Å². The van der Waals surface area contributed by atoms with Crippen LogP contribution in [0.1, 0.15) is 41.4 Å². The highest BCUT2D eigenvalue weighted by atomic mass is 32.1. The number of carbonyl (C=O) groups excluding carboxylic acids is 1. The minimum Gasteiger partial charge on any atom is -0.454 e. The Balaban J connectivity index is 1.48. The number of nitrogens with one attached hydrogen (secondary N) is 1. The molecule has 1 N–H and O–H groups in total. The number of aryl methyl sites for hydroxylation is 1. The summed E-state index contributed by atoms with van der Waals surface area (Å²) in [4.78, 5) is 25.9. The van der Waals surface area contributed by atoms with Crippen molar-refractivity contribution < 1.29 is 14.3 Å². The molecule has 1 fully saturated rings. The third-order valence-electron chi connectivity index (χ3n) is 5.62. The van der Waals surface area contributed by atoms with E-state index in [9.17, 15) is 4.79 Å². The molecule has 150 valence electrons. The maximum Gasteiger partial charge on any atom is 0.266 e. The molecule has 3 aromatic rings. The van der Waals surface area contributed by atoms with Gasteiger partial charge in [0.1, 0.15) is 17.0 Å². The second-order valence-electron chi connectivity index (χ2n) is 7.49. The summed E-state index contributed by atoms with van der Waals surface area (Å²) in [5.74, 6) is 2.12. The van der Waals surface area contributed by atoms with Gasteiger partial charge in [-0.3, -0.25) is 4.79 Å². The summed E-state index contributed by atoms with van der Waals surface area (Å²) in [6, 6.07) is 5.84. The smallest absolute Gasteiger partial charge is 0.266 e. The van der Waals surface area contributed by atoms with Gasteiger partial charge in [-0.2, -0.15) is 0 Å². The SMILES string of the molecule is Cc1c(C(=O)Nc2ccc3c(c2)OCO3)sc2ncnc(N3CCCCC3C)c12. The van der Waals surface area contributed by atoms with E-state index < -0.39 is 0 Å². The molecule has 1 unspecified atom stereocenters. The first-order valence-corrected chi connectivity index (χ1v) is 10.6. The lowest BCUT2D eigenvalue weighted by atomic mass is 10.0. The van der Waals surface area contributed by atoms with Gasteiger partial charge >= 0.3 is 0 Å². The number of benzene rings is 1. The van der Waals surface area contributed by atoms with Crippen molar-refractivity contribution in [3.05, 3.63) is 35.0 Å². The Labute approximate surface area is 172 Å². The lowest BCUT2D eigenvalue weighted by Gasteiger charge is -2.34. The number of fused-ring (bicyclic) bond motifs is 2. The van der Waals surface area contributed by atoms with E-state index >= 15 is 0 Å². The zero-order valence-electron chi connectivity index (χ0n) is 16.4. The van der Waals surface area contributed by atoms with Gasteiger partial charge in [0.2, 0.25) is 6.79 Å². The number of hydrogen-bond donors (Lipinski definition) is 1. The van der Waals surface area contributed by atoms with E-state index in [0.717, 1.165) is 41.0 Å². The Kier molecular flexibility index (Phi) is 4.50. The van der Waals surface area contributed by atoms with Gasteiger partial charge in [-0.25, -0.2) is 9.97 Å². The molecule has 5 rings (SSSR count). The fourth-order valence-electron chi connectivity index (χ4n) is 4.06. The molecule has 0 spiro atoms. The molecule has 1 amide bonds. The minimum atomic E-state index is -0.151. The van der Waals surface area contributed by atoms with Crippen LogP contribution in [0.15, 0.2) is 24.5 Å². The predicted molar refractivity (Wildman–Crippen MR) is 113 cm³/mol. The van der Waals surface area contributed by atoms with E-state index in [4.69, 9.17) is 9.47 Å². The second-order valence-corrected chi connectivity index (χ2v) is 8.49. The fraction of sp³-hybridized carbons (Fsp3) is 0.381. The molecule has 4 heterocycles. The molecule has 2 aliphatic rings. The van der Waals surface area contributed by atoms with Gasteiger partial charge in [0.05, 0.1) is 10.3 Å². The Morgan fingerprint density at radius 1 is 1.24 bits per heavy atom. The van der Waals surface area contributed by atoms with E-state index in [2.05, 4.69) is 27.1 Å². The minimum absolute atomic E-state index is 0.151. The Morgan fingerprint density at radius 2 is 2.10 bits per heavy atom. The number of amides is 1. The summed E-state index contributed by atoms with van der Waals surface area (Å²) in [5, 5.41) is 3.96. The molecule has 0 saturated carbocycles. The van der Waals surface area contributed by atoms with Crippen molar-refractivity contribution in [3.8, 4) is 11.5 Å². The van der Waals surface area contributed by atoms with Gasteiger partial charge in [-0.1, -0.05) is 0 Å². The van der Waals surface area contributed by atoms with Gasteiger partial charge in [0.25, 0.3) is 5.91 Å². The van der Waals surface area contributed by atoms with Crippen molar-refractivity contribution in [2.24, 2.45) is 0 Å². The lowest BCUT2D eigenvalue weighted by molar-refractivity contribution is 0.103. The summed E-state index contributed by atoms with van der Waals surface area (Å²) in [6.07, 6.45) is 5.18. The van der Waals surface area contributed by atoms with Crippen LogP contribution < -0.4 is 19.7 Å². The molecule has 8 heteroatoms. The van der Waals surface area contributed by atoms with E-state index in [1.54, 1.807) is 18.5 Å². The molecular formula is C21H22N4O3S. The third kappa shape index (κ3) is 3.17. The number of rotatable bonds is 3. The normalized spacial score (nSPS) is 18.3. The molecule has 1 atom stereocenters. The molecule has 0 bridgehead atoms. The Bertz CT molecular complexity index is 1100. The van der Waals surface area contributed by atoms with Crippen molar-refractivity contribution >= 4 is 39.0 Å². The van der Waals surface area contributed by atoms with Crippen LogP contribution in [-0.4, -0.2) is 35.3 Å². The monoisotopic (exact) mass is 410 g/mol. The first kappa shape index (κ1) is 18.2. The molecule has 29 heavy (non-hydrogen) atoms. The summed E-state index contributed by atoms with van der Waals surface area (Å²) in [6.45, 7) is 5.41. The van der Waals surface area contributed by atoms with Crippen LogP contribution in [0.25, 0.3) is 10.2 Å². The second kappa shape index (κ2) is 7.18. The van der Waals surface area contributed by atoms with Gasteiger partial charge < -0.3 is 19.7 Å². The highest BCUT2D eigenvalue weighted by Crippen LogP contribution is 2.38. The van der Waals surface area contributed by atoms with Crippen LogP contribution in [0.3, 0.4) is 0 Å². The standard InChI is InChI=1S/C21H22N4O3S/c1-12-5-3-4-8-25(12)19-17-13(2)18(29-21(17)23-10-22-19)20(26)24-14-6-7-15-16(9-14)28-11-27-15/h6-7,9-10,12H,3-5,8,11H2,1-2H3,(H,24,26). The molecule has 0 aliphatic carbocycles. The summed E-state index contributed by atoms with van der Waals surface area (Å²) >= 11 is 1.41. The van der Waals surface area contributed by atoms with Crippen molar-refractivity contribution in [2.45, 2.75) is 39.2 Å². The molecule has 1 aromatic carbocycles. The van der Waals surface area contributed by atoms with Crippen LogP contribution in [0.5, 0.6) is 11.5 Å². The van der Waals surface area contributed by atoms with Crippen LogP contribution in [0.2, 0.25) is 0 Å². The van der Waals surface area contributed by atoms with Crippen LogP contribution in [-0.2, 0) is 0 Å². The maximum absolute atomic E-state index is 13.0. The van der Waals surface area contributed by atoms with Gasteiger partial charge in [-0.05, 0) is 50.8 Å². The lowest BCUT2D eigenvalue weighted by Crippen LogP contribution is -2.38. The molecule has 0 radical (unpaired) electrons. The van der Waals surface area contributed by atoms with E-state index in [-0.39, 0.29) is 12.7 Å². The average Bonchev–Trinajstić information content (AvgIpc) is 3.32. The maximum atomic E-state index is 13.0. The number of hydrogen-bond acceptors (Lipinski definition) is 7. The van der Waals surface area contributed by atoms with Crippen molar-refractivity contribution in [3.63, 3.8) is 0 Å². The van der Waals surface area contributed by atoms with Crippen LogP contribution >= 0.6 is 11.3 Å². The van der Waals surface area contributed by atoms with E-state index in [1.807, 2.05) is 13.0 Å². The Morgan fingerprint density at radius 3 is 2.97 bits per heavy atom. The first-order valence-electron chi connectivity index (χ1n) is 9.83. The van der Waals surface area contributed by atoms with E-state index in [1.165, 1.54) is 17.8 Å². The van der Waals surface area contributed by atoms with Crippen molar-refractivity contribution in [1.29, 1.82) is 0 Å². The first-order chi connectivity index (χ1) is 14.1. The number of carbonyl (C=O) groups is 1. The predicted octanol–water partition coefficient (Wildman–Crippen LogP) is 4.36. The number of ether oxygens (including phenoxy) is 2.